The number of amides is 1. The fourth-order valence-corrected chi connectivity index (χ4v) is 4.54. The molecule has 0 spiro atoms. The van der Waals surface area contributed by atoms with Crippen molar-refractivity contribution in [1.82, 2.24) is 10.2 Å². The number of para-hydroxylation sites is 1. The fourth-order valence-electron chi connectivity index (χ4n) is 3.66. The molecule has 1 saturated heterocycles. The highest BCUT2D eigenvalue weighted by atomic mass is 32.2. The predicted molar refractivity (Wildman–Crippen MR) is 115 cm³/mol. The van der Waals surface area contributed by atoms with Gasteiger partial charge < -0.3 is 10.2 Å². The van der Waals surface area contributed by atoms with Crippen LogP contribution in [0.4, 0.5) is 5.69 Å². The third-order valence-corrected chi connectivity index (χ3v) is 6.31. The van der Waals surface area contributed by atoms with E-state index in [4.69, 9.17) is 0 Å². The van der Waals surface area contributed by atoms with Gasteiger partial charge in [0.15, 0.2) is 0 Å². The first kappa shape index (κ1) is 22.7. The molecular formula is C21H35N3O3S. The number of carbonyl (C=O) groups is 1. The Morgan fingerprint density at radius 2 is 1.79 bits per heavy atom. The van der Waals surface area contributed by atoms with Crippen LogP contribution >= 0.6 is 0 Å². The zero-order valence-corrected chi connectivity index (χ0v) is 18.3. The van der Waals surface area contributed by atoms with Crippen molar-refractivity contribution in [1.29, 1.82) is 0 Å². The molecule has 0 aromatic heterocycles. The summed E-state index contributed by atoms with van der Waals surface area (Å²) < 4.78 is 25.9. The molecule has 28 heavy (non-hydrogen) atoms. The van der Waals surface area contributed by atoms with E-state index < -0.39 is 10.0 Å². The van der Waals surface area contributed by atoms with Gasteiger partial charge in [-0.2, -0.15) is 0 Å². The molecule has 0 unspecified atom stereocenters. The molecule has 158 valence electrons. The Morgan fingerprint density at radius 1 is 1.14 bits per heavy atom. The van der Waals surface area contributed by atoms with E-state index >= 15 is 0 Å². The topological polar surface area (TPSA) is 69.7 Å². The summed E-state index contributed by atoms with van der Waals surface area (Å²) in [6.07, 6.45) is 7.17. The number of sulfonamides is 1. The average Bonchev–Trinajstić information content (AvgIpc) is 2.91. The molecule has 2 rings (SSSR count). The highest BCUT2D eigenvalue weighted by Crippen LogP contribution is 2.28. The Labute approximate surface area is 170 Å². The molecule has 0 aliphatic carbocycles. The van der Waals surface area contributed by atoms with Crippen LogP contribution in [0.15, 0.2) is 24.3 Å². The van der Waals surface area contributed by atoms with E-state index in [-0.39, 0.29) is 18.4 Å². The van der Waals surface area contributed by atoms with Crippen LogP contribution in [0.3, 0.4) is 0 Å². The van der Waals surface area contributed by atoms with E-state index in [1.807, 2.05) is 26.0 Å². The van der Waals surface area contributed by atoms with Crippen LogP contribution < -0.4 is 9.62 Å². The molecule has 1 aliphatic rings. The molecule has 0 radical (unpaired) electrons. The summed E-state index contributed by atoms with van der Waals surface area (Å²) in [6.45, 7) is 7.67. The van der Waals surface area contributed by atoms with Crippen LogP contribution in [0.5, 0.6) is 0 Å². The molecule has 1 aliphatic heterocycles. The second-order valence-electron chi connectivity index (χ2n) is 7.94. The van der Waals surface area contributed by atoms with E-state index in [0.29, 0.717) is 12.2 Å². The van der Waals surface area contributed by atoms with Gasteiger partial charge in [-0.15, -0.1) is 0 Å². The van der Waals surface area contributed by atoms with Crippen LogP contribution in [0.2, 0.25) is 0 Å². The quantitative estimate of drug-likeness (QED) is 0.637. The summed E-state index contributed by atoms with van der Waals surface area (Å²) in [5.74, 6) is -0.100. The number of hydrogen-bond acceptors (Lipinski definition) is 4. The lowest BCUT2D eigenvalue weighted by Crippen LogP contribution is -2.41. The van der Waals surface area contributed by atoms with Crippen LogP contribution in [-0.2, 0) is 14.8 Å². The van der Waals surface area contributed by atoms with Crippen molar-refractivity contribution in [3.8, 4) is 0 Å². The number of nitrogens with zero attached hydrogens (tertiary/aromatic N) is 2. The van der Waals surface area contributed by atoms with Gasteiger partial charge in [-0.3, -0.25) is 9.10 Å². The zero-order valence-electron chi connectivity index (χ0n) is 17.5. The summed E-state index contributed by atoms with van der Waals surface area (Å²) in [7, 11) is -3.56. The number of benzene rings is 1. The van der Waals surface area contributed by atoms with E-state index in [1.54, 1.807) is 12.1 Å². The van der Waals surface area contributed by atoms with Crippen molar-refractivity contribution >= 4 is 21.6 Å². The van der Waals surface area contributed by atoms with Gasteiger partial charge in [0, 0.05) is 6.54 Å². The minimum Gasteiger partial charge on any atom is -0.354 e. The normalized spacial score (nSPS) is 16.0. The minimum absolute atomic E-state index is 0.164. The Bertz CT molecular complexity index is 726. The van der Waals surface area contributed by atoms with Gasteiger partial charge in [0.25, 0.3) is 0 Å². The summed E-state index contributed by atoms with van der Waals surface area (Å²) in [4.78, 5) is 14.9. The van der Waals surface area contributed by atoms with Crippen LogP contribution in [0.25, 0.3) is 0 Å². The third kappa shape index (κ3) is 7.09. The average molecular weight is 410 g/mol. The van der Waals surface area contributed by atoms with Gasteiger partial charge in [0.2, 0.25) is 15.9 Å². The lowest BCUT2D eigenvalue weighted by Gasteiger charge is -2.25. The predicted octanol–water partition coefficient (Wildman–Crippen LogP) is 2.96. The van der Waals surface area contributed by atoms with Gasteiger partial charge in [-0.1, -0.05) is 44.9 Å². The first-order chi connectivity index (χ1) is 13.3. The lowest BCUT2D eigenvalue weighted by atomic mass is 10.0. The standard InChI is InChI=1S/C21H35N3O3S/c1-18(2)19-11-6-7-12-20(19)24(28(3,26)27)17-21(25)22-13-10-16-23-14-8-4-5-9-15-23/h6-7,11-12,18H,4-5,8-10,13-17H2,1-3H3,(H,22,25). The Hall–Kier alpha value is -1.60. The second-order valence-corrected chi connectivity index (χ2v) is 9.85. The second kappa shape index (κ2) is 10.8. The van der Waals surface area contributed by atoms with Crippen LogP contribution in [0.1, 0.15) is 57.4 Å². The van der Waals surface area contributed by atoms with Gasteiger partial charge in [-0.05, 0) is 56.4 Å². The maximum Gasteiger partial charge on any atom is 0.240 e. The number of hydrogen-bond donors (Lipinski definition) is 1. The SMILES string of the molecule is CC(C)c1ccccc1N(CC(=O)NCCCN1CCCCCC1)S(C)(=O)=O. The van der Waals surface area contributed by atoms with Gasteiger partial charge in [0.1, 0.15) is 6.54 Å². The summed E-state index contributed by atoms with van der Waals surface area (Å²) in [6, 6.07) is 7.38. The van der Waals surface area contributed by atoms with Crippen molar-refractivity contribution < 1.29 is 13.2 Å². The largest absolute Gasteiger partial charge is 0.354 e. The Kier molecular flexibility index (Phi) is 8.76. The highest BCUT2D eigenvalue weighted by molar-refractivity contribution is 7.92. The summed E-state index contributed by atoms with van der Waals surface area (Å²) in [5, 5.41) is 2.89. The van der Waals surface area contributed by atoms with Crippen LogP contribution in [-0.4, -0.2) is 58.2 Å². The monoisotopic (exact) mass is 409 g/mol. The van der Waals surface area contributed by atoms with E-state index in [0.717, 1.165) is 37.9 Å². The molecule has 6 nitrogen and oxygen atoms in total. The van der Waals surface area contributed by atoms with Crippen molar-refractivity contribution in [3.05, 3.63) is 29.8 Å². The maximum absolute atomic E-state index is 12.4. The van der Waals surface area contributed by atoms with Crippen LogP contribution in [0, 0.1) is 0 Å². The first-order valence-corrected chi connectivity index (χ1v) is 12.2. The molecule has 1 aromatic rings. The summed E-state index contributed by atoms with van der Waals surface area (Å²) >= 11 is 0. The van der Waals surface area contributed by atoms with E-state index in [1.165, 1.54) is 30.0 Å². The molecular weight excluding hydrogens is 374 g/mol. The molecule has 7 heteroatoms. The molecule has 1 heterocycles. The highest BCUT2D eigenvalue weighted by Gasteiger charge is 2.23. The minimum atomic E-state index is -3.56. The number of rotatable bonds is 9. The zero-order chi connectivity index (χ0) is 20.6. The first-order valence-electron chi connectivity index (χ1n) is 10.3. The van der Waals surface area contributed by atoms with Crippen molar-refractivity contribution in [2.45, 2.75) is 51.9 Å². The Morgan fingerprint density at radius 3 is 2.39 bits per heavy atom. The van der Waals surface area contributed by atoms with Crippen molar-refractivity contribution in [2.24, 2.45) is 0 Å². The smallest absolute Gasteiger partial charge is 0.240 e. The molecule has 0 saturated carbocycles. The third-order valence-electron chi connectivity index (χ3n) is 5.19. The van der Waals surface area contributed by atoms with Crippen molar-refractivity contribution in [2.75, 3.05) is 43.3 Å². The fraction of sp³-hybridized carbons (Fsp3) is 0.667. The van der Waals surface area contributed by atoms with Crippen molar-refractivity contribution in [3.63, 3.8) is 0 Å². The number of carbonyl (C=O) groups excluding carboxylic acids is 1. The molecule has 1 amide bonds. The molecule has 1 fully saturated rings. The summed E-state index contributed by atoms with van der Waals surface area (Å²) in [5.41, 5.74) is 1.50. The molecule has 1 N–H and O–H groups in total. The van der Waals surface area contributed by atoms with Gasteiger partial charge in [-0.25, -0.2) is 8.42 Å². The van der Waals surface area contributed by atoms with Gasteiger partial charge in [0.05, 0.1) is 11.9 Å². The number of anilines is 1. The molecule has 0 bridgehead atoms. The van der Waals surface area contributed by atoms with Gasteiger partial charge >= 0.3 is 0 Å². The Balaban J connectivity index is 1.91. The molecule has 0 atom stereocenters. The number of nitrogens with one attached hydrogen (secondary N) is 1. The molecule has 1 aromatic carbocycles. The maximum atomic E-state index is 12.4. The van der Waals surface area contributed by atoms with E-state index in [9.17, 15) is 13.2 Å². The lowest BCUT2D eigenvalue weighted by molar-refractivity contribution is -0.119. The van der Waals surface area contributed by atoms with E-state index in [2.05, 4.69) is 10.2 Å². The number of likely N-dealkylation sites (tertiary alicyclic amines) is 1.